The topological polar surface area (TPSA) is 130 Å². The number of carbonyl (C=O) groups is 3. The van der Waals surface area contributed by atoms with Crippen molar-refractivity contribution in [3.8, 4) is 0 Å². The van der Waals surface area contributed by atoms with Gasteiger partial charge in [-0.15, -0.1) is 11.3 Å². The molecule has 0 aliphatic carbocycles. The number of amides is 1. The van der Waals surface area contributed by atoms with E-state index in [0.29, 0.717) is 5.00 Å². The number of hydrogen-bond acceptors (Lipinski definition) is 5. The van der Waals surface area contributed by atoms with E-state index in [1.165, 1.54) is 12.1 Å². The first-order chi connectivity index (χ1) is 8.40. The van der Waals surface area contributed by atoms with E-state index in [-0.39, 0.29) is 17.7 Å². The predicted octanol–water partition coefficient (Wildman–Crippen LogP) is 0.378. The summed E-state index contributed by atoms with van der Waals surface area (Å²) in [5, 5.41) is 20.0. The minimum Gasteiger partial charge on any atom is -0.481 e. The van der Waals surface area contributed by atoms with Crippen LogP contribution in [0.2, 0.25) is 0 Å². The third kappa shape index (κ3) is 4.06. The number of anilines is 1. The van der Waals surface area contributed by atoms with Gasteiger partial charge in [-0.3, -0.25) is 9.59 Å². The van der Waals surface area contributed by atoms with Gasteiger partial charge < -0.3 is 21.3 Å². The lowest BCUT2D eigenvalue weighted by Crippen LogP contribution is -2.40. The zero-order chi connectivity index (χ0) is 13.7. The van der Waals surface area contributed by atoms with E-state index < -0.39 is 23.9 Å². The van der Waals surface area contributed by atoms with Crippen LogP contribution < -0.4 is 11.1 Å². The third-order valence-corrected chi connectivity index (χ3v) is 3.01. The van der Waals surface area contributed by atoms with E-state index in [1.54, 1.807) is 0 Å². The number of thiophene rings is 1. The Bertz CT molecular complexity index is 471. The van der Waals surface area contributed by atoms with Crippen LogP contribution in [0.4, 0.5) is 5.00 Å². The first kappa shape index (κ1) is 14.0. The van der Waals surface area contributed by atoms with Gasteiger partial charge in [0.1, 0.15) is 6.04 Å². The van der Waals surface area contributed by atoms with Crippen molar-refractivity contribution in [2.75, 3.05) is 5.73 Å². The van der Waals surface area contributed by atoms with Gasteiger partial charge in [-0.1, -0.05) is 0 Å². The minimum absolute atomic E-state index is 0.169. The van der Waals surface area contributed by atoms with E-state index >= 15 is 0 Å². The lowest BCUT2D eigenvalue weighted by Gasteiger charge is -2.12. The molecule has 0 unspecified atom stereocenters. The summed E-state index contributed by atoms with van der Waals surface area (Å²) in [6, 6.07) is 1.79. The van der Waals surface area contributed by atoms with Crippen molar-refractivity contribution in [3.05, 3.63) is 17.0 Å². The molecular weight excluding hydrogens is 260 g/mol. The predicted molar refractivity (Wildman–Crippen MR) is 64.5 cm³/mol. The molecular formula is C10H12N2O5S. The normalized spacial score (nSPS) is 11.8. The van der Waals surface area contributed by atoms with Gasteiger partial charge in [-0.25, -0.2) is 4.79 Å². The van der Waals surface area contributed by atoms with Crippen LogP contribution in [-0.2, 0) is 9.59 Å². The van der Waals surface area contributed by atoms with Crippen LogP contribution in [-0.4, -0.2) is 34.1 Å². The van der Waals surface area contributed by atoms with Crippen LogP contribution in [0.1, 0.15) is 22.5 Å². The Hall–Kier alpha value is -2.09. The monoisotopic (exact) mass is 272 g/mol. The van der Waals surface area contributed by atoms with Gasteiger partial charge in [0.2, 0.25) is 0 Å². The van der Waals surface area contributed by atoms with Crippen LogP contribution in [0.25, 0.3) is 0 Å². The molecule has 98 valence electrons. The molecule has 1 rings (SSSR count). The van der Waals surface area contributed by atoms with E-state index in [2.05, 4.69) is 5.32 Å². The molecule has 8 heteroatoms. The van der Waals surface area contributed by atoms with E-state index in [0.717, 1.165) is 11.3 Å². The molecule has 0 saturated carbocycles. The summed E-state index contributed by atoms with van der Waals surface area (Å²) in [6.45, 7) is 0. The number of rotatable bonds is 6. The molecule has 1 amide bonds. The van der Waals surface area contributed by atoms with Crippen molar-refractivity contribution >= 4 is 34.2 Å². The van der Waals surface area contributed by atoms with E-state index in [4.69, 9.17) is 15.9 Å². The maximum atomic E-state index is 11.7. The molecule has 0 aliphatic heterocycles. The van der Waals surface area contributed by atoms with Crippen molar-refractivity contribution in [1.29, 1.82) is 0 Å². The molecule has 0 radical (unpaired) electrons. The van der Waals surface area contributed by atoms with Crippen LogP contribution in [0, 0.1) is 0 Å². The van der Waals surface area contributed by atoms with Crippen molar-refractivity contribution in [3.63, 3.8) is 0 Å². The average molecular weight is 272 g/mol. The average Bonchev–Trinajstić information content (AvgIpc) is 2.70. The van der Waals surface area contributed by atoms with Crippen LogP contribution in [0.15, 0.2) is 12.1 Å². The number of hydrogen-bond donors (Lipinski definition) is 4. The summed E-state index contributed by atoms with van der Waals surface area (Å²) in [7, 11) is 0. The SMILES string of the molecule is Nc1ccc(C(=O)N[C@@H](CCC(=O)O)C(=O)O)s1. The van der Waals surface area contributed by atoms with E-state index in [9.17, 15) is 14.4 Å². The van der Waals surface area contributed by atoms with Crippen molar-refractivity contribution < 1.29 is 24.6 Å². The van der Waals surface area contributed by atoms with Gasteiger partial charge in [0.15, 0.2) is 0 Å². The summed E-state index contributed by atoms with van der Waals surface area (Å²) in [4.78, 5) is 33.2. The molecule has 0 aromatic carbocycles. The zero-order valence-corrected chi connectivity index (χ0v) is 10.1. The number of nitrogens with two attached hydrogens (primary N) is 1. The van der Waals surface area contributed by atoms with Gasteiger partial charge >= 0.3 is 11.9 Å². The van der Waals surface area contributed by atoms with Gasteiger partial charge in [-0.05, 0) is 18.6 Å². The lowest BCUT2D eigenvalue weighted by atomic mass is 10.1. The first-order valence-electron chi connectivity index (χ1n) is 5.01. The zero-order valence-electron chi connectivity index (χ0n) is 9.25. The number of aliphatic carboxylic acids is 2. The summed E-state index contributed by atoms with van der Waals surface area (Å²) in [5.74, 6) is -2.96. The maximum absolute atomic E-state index is 11.7. The number of nitrogens with one attached hydrogen (secondary N) is 1. The van der Waals surface area contributed by atoms with Gasteiger partial charge in [0.05, 0.1) is 9.88 Å². The quantitative estimate of drug-likeness (QED) is 0.592. The first-order valence-corrected chi connectivity index (χ1v) is 5.82. The highest BCUT2D eigenvalue weighted by Gasteiger charge is 2.22. The van der Waals surface area contributed by atoms with Crippen LogP contribution in [0.3, 0.4) is 0 Å². The second-order valence-electron chi connectivity index (χ2n) is 3.50. The fraction of sp³-hybridized carbons (Fsp3) is 0.300. The fourth-order valence-electron chi connectivity index (χ4n) is 1.23. The molecule has 0 bridgehead atoms. The summed E-state index contributed by atoms with van der Waals surface area (Å²) in [6.07, 6.45) is -0.499. The van der Waals surface area contributed by atoms with Crippen LogP contribution in [0.5, 0.6) is 0 Å². The Balaban J connectivity index is 2.63. The standard InChI is InChI=1S/C10H12N2O5S/c11-7-3-2-6(18-7)9(15)12-5(10(16)17)1-4-8(13)14/h2-3,5H,1,4,11H2,(H,12,15)(H,13,14)(H,16,17)/t5-/m0/s1. The largest absolute Gasteiger partial charge is 0.481 e. The smallest absolute Gasteiger partial charge is 0.326 e. The third-order valence-electron chi connectivity index (χ3n) is 2.10. The Labute approximate surface area is 106 Å². The molecule has 5 N–H and O–H groups in total. The van der Waals surface area contributed by atoms with E-state index in [1.807, 2.05) is 0 Å². The van der Waals surface area contributed by atoms with Crippen LogP contribution >= 0.6 is 11.3 Å². The van der Waals surface area contributed by atoms with Crippen molar-refractivity contribution in [2.45, 2.75) is 18.9 Å². The molecule has 1 aromatic heterocycles. The molecule has 0 fully saturated rings. The maximum Gasteiger partial charge on any atom is 0.326 e. The molecule has 0 spiro atoms. The van der Waals surface area contributed by atoms with Gasteiger partial charge in [0, 0.05) is 6.42 Å². The molecule has 1 aromatic rings. The number of nitrogen functional groups attached to an aromatic ring is 1. The Morgan fingerprint density at radius 2 is 2.00 bits per heavy atom. The Morgan fingerprint density at radius 3 is 2.44 bits per heavy atom. The second kappa shape index (κ2) is 6.01. The van der Waals surface area contributed by atoms with Crippen molar-refractivity contribution in [1.82, 2.24) is 5.32 Å². The Morgan fingerprint density at radius 1 is 1.33 bits per heavy atom. The summed E-state index contributed by atoms with van der Waals surface area (Å²) in [5.41, 5.74) is 5.45. The molecule has 1 atom stereocenters. The summed E-state index contributed by atoms with van der Waals surface area (Å²) < 4.78 is 0. The second-order valence-corrected chi connectivity index (χ2v) is 4.61. The summed E-state index contributed by atoms with van der Waals surface area (Å²) >= 11 is 1.03. The number of carboxylic acid groups (broad SMARTS) is 2. The molecule has 0 aliphatic rings. The fourth-order valence-corrected chi connectivity index (χ4v) is 1.91. The highest BCUT2D eigenvalue weighted by molar-refractivity contribution is 7.17. The van der Waals surface area contributed by atoms with Gasteiger partial charge in [-0.2, -0.15) is 0 Å². The molecule has 7 nitrogen and oxygen atoms in total. The van der Waals surface area contributed by atoms with Crippen molar-refractivity contribution in [2.24, 2.45) is 0 Å². The number of carbonyl (C=O) groups excluding carboxylic acids is 1. The number of carboxylic acids is 2. The Kier molecular flexibility index (Phi) is 4.67. The van der Waals surface area contributed by atoms with Gasteiger partial charge in [0.25, 0.3) is 5.91 Å². The highest BCUT2D eigenvalue weighted by Crippen LogP contribution is 2.18. The molecule has 18 heavy (non-hydrogen) atoms. The lowest BCUT2D eigenvalue weighted by molar-refractivity contribution is -0.140. The minimum atomic E-state index is -1.27. The molecule has 1 heterocycles. The highest BCUT2D eigenvalue weighted by atomic mass is 32.1. The molecule has 0 saturated heterocycles.